The molecule has 0 aliphatic carbocycles. The van der Waals surface area contributed by atoms with Crippen molar-refractivity contribution < 1.29 is 0 Å². The Morgan fingerprint density at radius 3 is 3.50 bits per heavy atom. The summed E-state index contributed by atoms with van der Waals surface area (Å²) < 4.78 is 0. The Balaban J connectivity index is 2.26. The zero-order valence-corrected chi connectivity index (χ0v) is 5.62. The maximum atomic E-state index is 4.28. The number of rotatable bonds is 0. The van der Waals surface area contributed by atoms with Crippen LogP contribution in [-0.4, -0.2) is 12.6 Å². The van der Waals surface area contributed by atoms with Crippen molar-refractivity contribution in [3.05, 3.63) is 36.2 Å². The molecule has 2 aliphatic rings. The Bertz CT molecular complexity index is 213. The minimum Gasteiger partial charge on any atom is -0.387 e. The van der Waals surface area contributed by atoms with Crippen LogP contribution in [0.5, 0.6) is 0 Å². The van der Waals surface area contributed by atoms with Gasteiger partial charge in [-0.05, 0) is 23.9 Å². The van der Waals surface area contributed by atoms with Crippen LogP contribution in [0.25, 0.3) is 0 Å². The molecule has 0 fully saturated rings. The molecule has 1 atom stereocenters. The molecule has 1 unspecified atom stereocenters. The maximum absolute atomic E-state index is 4.28. The SMILES string of the molecule is C1=C[N]C2C=CNCC2=C1. The topological polar surface area (TPSA) is 26.1 Å². The lowest BCUT2D eigenvalue weighted by atomic mass is 10.0. The van der Waals surface area contributed by atoms with E-state index >= 15 is 0 Å². The molecule has 0 saturated carbocycles. The van der Waals surface area contributed by atoms with Crippen LogP contribution < -0.4 is 10.6 Å². The Morgan fingerprint density at radius 1 is 1.60 bits per heavy atom. The van der Waals surface area contributed by atoms with Crippen molar-refractivity contribution in [2.24, 2.45) is 0 Å². The summed E-state index contributed by atoms with van der Waals surface area (Å²) in [5.41, 5.74) is 1.35. The predicted molar refractivity (Wildman–Crippen MR) is 40.3 cm³/mol. The van der Waals surface area contributed by atoms with E-state index in [4.69, 9.17) is 0 Å². The van der Waals surface area contributed by atoms with E-state index in [1.807, 2.05) is 18.5 Å². The van der Waals surface area contributed by atoms with Crippen molar-refractivity contribution in [3.63, 3.8) is 0 Å². The quantitative estimate of drug-likeness (QED) is 0.512. The second-order valence-electron chi connectivity index (χ2n) is 2.42. The van der Waals surface area contributed by atoms with Gasteiger partial charge in [0.1, 0.15) is 0 Å². The van der Waals surface area contributed by atoms with Gasteiger partial charge in [-0.1, -0.05) is 6.08 Å². The summed E-state index contributed by atoms with van der Waals surface area (Å²) >= 11 is 0. The van der Waals surface area contributed by atoms with E-state index in [2.05, 4.69) is 22.8 Å². The van der Waals surface area contributed by atoms with Gasteiger partial charge in [0.05, 0.1) is 6.04 Å². The number of hydrogen-bond donors (Lipinski definition) is 1. The maximum Gasteiger partial charge on any atom is 0.0927 e. The normalized spacial score (nSPS) is 28.0. The van der Waals surface area contributed by atoms with E-state index < -0.39 is 0 Å². The van der Waals surface area contributed by atoms with Crippen LogP contribution in [0, 0.1) is 0 Å². The number of nitrogens with zero attached hydrogens (tertiary/aromatic N) is 1. The summed E-state index contributed by atoms with van der Waals surface area (Å²) in [6.07, 6.45) is 9.98. The number of nitrogens with one attached hydrogen (secondary N) is 1. The lowest BCUT2D eigenvalue weighted by Gasteiger charge is -2.21. The van der Waals surface area contributed by atoms with Crippen LogP contribution in [-0.2, 0) is 0 Å². The molecule has 0 aromatic heterocycles. The van der Waals surface area contributed by atoms with Crippen molar-refractivity contribution in [2.45, 2.75) is 6.04 Å². The third-order valence-electron chi connectivity index (χ3n) is 1.73. The highest BCUT2D eigenvalue weighted by Crippen LogP contribution is 2.11. The molecule has 2 heteroatoms. The van der Waals surface area contributed by atoms with Crippen molar-refractivity contribution >= 4 is 0 Å². The number of fused-ring (bicyclic) bond motifs is 1. The average molecular weight is 133 g/mol. The summed E-state index contributed by atoms with van der Waals surface area (Å²) in [5, 5.41) is 7.42. The van der Waals surface area contributed by atoms with E-state index in [9.17, 15) is 0 Å². The molecule has 0 aromatic rings. The zero-order chi connectivity index (χ0) is 6.81. The van der Waals surface area contributed by atoms with Crippen LogP contribution in [0.1, 0.15) is 0 Å². The van der Waals surface area contributed by atoms with Gasteiger partial charge < -0.3 is 5.32 Å². The van der Waals surface area contributed by atoms with Gasteiger partial charge in [-0.2, -0.15) is 0 Å². The molecule has 2 nitrogen and oxygen atoms in total. The van der Waals surface area contributed by atoms with Gasteiger partial charge in [0, 0.05) is 12.7 Å². The third kappa shape index (κ3) is 0.817. The molecule has 2 rings (SSSR count). The van der Waals surface area contributed by atoms with Crippen LogP contribution in [0.4, 0.5) is 0 Å². The summed E-state index contributed by atoms with van der Waals surface area (Å²) in [6.45, 7) is 0.939. The molecule has 1 N–H and O–H groups in total. The van der Waals surface area contributed by atoms with E-state index in [-0.39, 0.29) is 0 Å². The fourth-order valence-corrected chi connectivity index (χ4v) is 1.18. The Labute approximate surface area is 60.3 Å². The molecule has 0 aromatic carbocycles. The first-order chi connectivity index (χ1) is 4.97. The van der Waals surface area contributed by atoms with Gasteiger partial charge in [0.15, 0.2) is 0 Å². The first-order valence-electron chi connectivity index (χ1n) is 3.42. The predicted octanol–water partition coefficient (Wildman–Crippen LogP) is 0.530. The molecule has 10 heavy (non-hydrogen) atoms. The molecule has 2 aliphatic heterocycles. The largest absolute Gasteiger partial charge is 0.387 e. The summed E-state index contributed by atoms with van der Waals surface area (Å²) in [7, 11) is 0. The number of allylic oxidation sites excluding steroid dienone is 2. The average Bonchev–Trinajstić information content (AvgIpc) is 2.05. The lowest BCUT2D eigenvalue weighted by Crippen LogP contribution is -2.30. The summed E-state index contributed by atoms with van der Waals surface area (Å²) in [6, 6.07) is 0.311. The number of hydrogen-bond acceptors (Lipinski definition) is 1. The van der Waals surface area contributed by atoms with E-state index in [0.29, 0.717) is 6.04 Å². The fraction of sp³-hybridized carbons (Fsp3) is 0.250. The van der Waals surface area contributed by atoms with Gasteiger partial charge in [0.25, 0.3) is 0 Å². The fourth-order valence-electron chi connectivity index (χ4n) is 1.18. The van der Waals surface area contributed by atoms with Gasteiger partial charge in [-0.3, -0.25) is 5.32 Å². The molecular weight excluding hydrogens is 124 g/mol. The third-order valence-corrected chi connectivity index (χ3v) is 1.73. The van der Waals surface area contributed by atoms with E-state index in [1.54, 1.807) is 0 Å². The summed E-state index contributed by atoms with van der Waals surface area (Å²) in [5.74, 6) is 0. The van der Waals surface area contributed by atoms with Crippen LogP contribution >= 0.6 is 0 Å². The second-order valence-corrected chi connectivity index (χ2v) is 2.42. The Kier molecular flexibility index (Phi) is 1.24. The van der Waals surface area contributed by atoms with E-state index in [1.165, 1.54) is 5.57 Å². The van der Waals surface area contributed by atoms with Crippen molar-refractivity contribution in [1.29, 1.82) is 0 Å². The highest BCUT2D eigenvalue weighted by atomic mass is 14.9. The minimum absolute atomic E-state index is 0.311. The zero-order valence-electron chi connectivity index (χ0n) is 5.62. The standard InChI is InChI=1S/C8H9N2/c1-2-7-6-9-5-3-8(7)10-4-1/h1-5,8-9H,6H2. The molecule has 2 heterocycles. The second kappa shape index (κ2) is 2.21. The Morgan fingerprint density at radius 2 is 2.60 bits per heavy atom. The molecule has 0 saturated heterocycles. The van der Waals surface area contributed by atoms with Crippen molar-refractivity contribution in [1.82, 2.24) is 10.6 Å². The van der Waals surface area contributed by atoms with E-state index in [0.717, 1.165) is 6.54 Å². The highest BCUT2D eigenvalue weighted by Gasteiger charge is 2.14. The summed E-state index contributed by atoms with van der Waals surface area (Å²) in [4.78, 5) is 0. The monoisotopic (exact) mass is 133 g/mol. The first kappa shape index (κ1) is 5.59. The van der Waals surface area contributed by atoms with Crippen molar-refractivity contribution in [2.75, 3.05) is 6.54 Å². The molecular formula is C8H9N2. The molecule has 0 bridgehead atoms. The van der Waals surface area contributed by atoms with Gasteiger partial charge >= 0.3 is 0 Å². The molecule has 1 radical (unpaired) electrons. The minimum atomic E-state index is 0.311. The molecule has 0 amide bonds. The van der Waals surface area contributed by atoms with Crippen LogP contribution in [0.3, 0.4) is 0 Å². The van der Waals surface area contributed by atoms with Gasteiger partial charge in [0.2, 0.25) is 0 Å². The van der Waals surface area contributed by atoms with Gasteiger partial charge in [-0.15, -0.1) is 0 Å². The smallest absolute Gasteiger partial charge is 0.0927 e. The molecule has 51 valence electrons. The van der Waals surface area contributed by atoms with Crippen molar-refractivity contribution in [3.8, 4) is 0 Å². The van der Waals surface area contributed by atoms with Crippen LogP contribution in [0.15, 0.2) is 36.2 Å². The Hall–Kier alpha value is -1.18. The highest BCUT2D eigenvalue weighted by molar-refractivity contribution is 5.30. The first-order valence-corrected chi connectivity index (χ1v) is 3.42. The van der Waals surface area contributed by atoms with Crippen LogP contribution in [0.2, 0.25) is 0 Å². The molecule has 0 spiro atoms. The lowest BCUT2D eigenvalue weighted by molar-refractivity contribution is 0.696. The van der Waals surface area contributed by atoms with Gasteiger partial charge in [-0.25, -0.2) is 0 Å².